The zero-order valence-electron chi connectivity index (χ0n) is 16.6. The van der Waals surface area contributed by atoms with E-state index in [0.717, 1.165) is 57.1 Å². The maximum atomic E-state index is 13.6. The van der Waals surface area contributed by atoms with Gasteiger partial charge in [0.15, 0.2) is 0 Å². The second-order valence-electron chi connectivity index (χ2n) is 8.20. The number of hydrogen-bond donors (Lipinski definition) is 1. The maximum absolute atomic E-state index is 13.6. The molecule has 6 heteroatoms. The van der Waals surface area contributed by atoms with Gasteiger partial charge in [-0.3, -0.25) is 14.5 Å². The highest BCUT2D eigenvalue weighted by Gasteiger charge is 2.53. The van der Waals surface area contributed by atoms with Crippen LogP contribution in [0.15, 0.2) is 24.3 Å². The molecule has 6 nitrogen and oxygen atoms in total. The van der Waals surface area contributed by atoms with Crippen LogP contribution in [0, 0.1) is 6.92 Å². The van der Waals surface area contributed by atoms with Gasteiger partial charge < -0.3 is 14.8 Å². The minimum absolute atomic E-state index is 0.0791. The number of amides is 2. The quantitative estimate of drug-likeness (QED) is 0.864. The van der Waals surface area contributed by atoms with Gasteiger partial charge in [-0.15, -0.1) is 0 Å². The normalized spacial score (nSPS) is 26.5. The Balaban J connectivity index is 1.57. The Morgan fingerprint density at radius 2 is 1.96 bits per heavy atom. The number of nitrogens with one attached hydrogen (secondary N) is 1. The van der Waals surface area contributed by atoms with Crippen LogP contribution < -0.4 is 5.32 Å². The Morgan fingerprint density at radius 3 is 2.68 bits per heavy atom. The molecule has 0 aromatic heterocycles. The van der Waals surface area contributed by atoms with Gasteiger partial charge in [-0.25, -0.2) is 0 Å². The zero-order chi connectivity index (χ0) is 19.6. The van der Waals surface area contributed by atoms with Crippen molar-refractivity contribution in [3.63, 3.8) is 0 Å². The molecule has 2 aliphatic heterocycles. The molecule has 0 bridgehead atoms. The van der Waals surface area contributed by atoms with E-state index in [4.69, 9.17) is 9.47 Å². The average Bonchev–Trinajstić information content (AvgIpc) is 3.35. The van der Waals surface area contributed by atoms with Gasteiger partial charge in [-0.05, 0) is 57.1 Å². The molecule has 1 N–H and O–H groups in total. The smallest absolute Gasteiger partial charge is 0.257 e. The molecule has 1 saturated carbocycles. The SMILES string of the molecule is Cc1ccccc1C(=O)N1[C@H](C(=O)NC[C@@H]2CCCO2)COC12CCCCC2. The third kappa shape index (κ3) is 3.67. The van der Waals surface area contributed by atoms with Crippen LogP contribution in [0.3, 0.4) is 0 Å². The number of nitrogens with zero attached hydrogens (tertiary/aromatic N) is 1. The molecule has 28 heavy (non-hydrogen) atoms. The second kappa shape index (κ2) is 8.21. The number of rotatable bonds is 4. The molecule has 2 atom stereocenters. The molecule has 2 saturated heterocycles. The summed E-state index contributed by atoms with van der Waals surface area (Å²) in [4.78, 5) is 28.3. The van der Waals surface area contributed by atoms with Crippen molar-refractivity contribution in [2.24, 2.45) is 0 Å². The highest BCUT2D eigenvalue weighted by Crippen LogP contribution is 2.41. The lowest BCUT2D eigenvalue weighted by molar-refractivity contribution is -0.127. The maximum Gasteiger partial charge on any atom is 0.257 e. The summed E-state index contributed by atoms with van der Waals surface area (Å²) < 4.78 is 11.8. The Labute approximate surface area is 166 Å². The van der Waals surface area contributed by atoms with Gasteiger partial charge in [0.1, 0.15) is 11.8 Å². The minimum atomic E-state index is -0.649. The minimum Gasteiger partial charge on any atom is -0.376 e. The van der Waals surface area contributed by atoms with Crippen LogP contribution in [-0.4, -0.2) is 54.3 Å². The lowest BCUT2D eigenvalue weighted by Gasteiger charge is -2.41. The lowest BCUT2D eigenvalue weighted by atomic mass is 9.89. The van der Waals surface area contributed by atoms with Crippen molar-refractivity contribution in [3.05, 3.63) is 35.4 Å². The summed E-state index contributed by atoms with van der Waals surface area (Å²) in [7, 11) is 0. The molecular formula is C22H30N2O4. The standard InChI is InChI=1S/C22H30N2O4/c1-16-8-3-4-10-18(16)21(26)24-19(15-28-22(24)11-5-2-6-12-22)20(25)23-14-17-9-7-13-27-17/h3-4,8,10,17,19H,2,5-7,9,11-15H2,1H3,(H,23,25)/t17-,19-/m0/s1. The van der Waals surface area contributed by atoms with Crippen molar-refractivity contribution >= 4 is 11.8 Å². The second-order valence-corrected chi connectivity index (χ2v) is 8.20. The van der Waals surface area contributed by atoms with Crippen molar-refractivity contribution in [2.75, 3.05) is 19.8 Å². The fourth-order valence-corrected chi connectivity index (χ4v) is 4.75. The van der Waals surface area contributed by atoms with E-state index in [-0.39, 0.29) is 24.5 Å². The number of ether oxygens (including phenoxy) is 2. The van der Waals surface area contributed by atoms with Crippen LogP contribution in [0.1, 0.15) is 60.9 Å². The molecule has 3 fully saturated rings. The molecule has 0 unspecified atom stereocenters. The summed E-state index contributed by atoms with van der Waals surface area (Å²) in [5.41, 5.74) is 0.919. The van der Waals surface area contributed by atoms with Gasteiger partial charge in [0, 0.05) is 18.7 Å². The van der Waals surface area contributed by atoms with Crippen LogP contribution in [0.4, 0.5) is 0 Å². The third-order valence-electron chi connectivity index (χ3n) is 6.32. The first-order valence-corrected chi connectivity index (χ1v) is 10.5. The summed E-state index contributed by atoms with van der Waals surface area (Å²) in [5, 5.41) is 3.00. The Bertz CT molecular complexity index is 723. The predicted octanol–water partition coefficient (Wildman–Crippen LogP) is 2.79. The van der Waals surface area contributed by atoms with E-state index in [9.17, 15) is 9.59 Å². The van der Waals surface area contributed by atoms with E-state index in [2.05, 4.69) is 5.32 Å². The van der Waals surface area contributed by atoms with Crippen molar-refractivity contribution in [3.8, 4) is 0 Å². The average molecular weight is 386 g/mol. The zero-order valence-corrected chi connectivity index (χ0v) is 16.6. The monoisotopic (exact) mass is 386 g/mol. The molecule has 1 spiro atoms. The number of carbonyl (C=O) groups is 2. The number of hydrogen-bond acceptors (Lipinski definition) is 4. The van der Waals surface area contributed by atoms with E-state index >= 15 is 0 Å². The van der Waals surface area contributed by atoms with Crippen LogP contribution in [-0.2, 0) is 14.3 Å². The summed E-state index contributed by atoms with van der Waals surface area (Å²) in [6, 6.07) is 6.98. The largest absolute Gasteiger partial charge is 0.376 e. The Hall–Kier alpha value is -1.92. The first-order chi connectivity index (χ1) is 13.6. The van der Waals surface area contributed by atoms with Gasteiger partial charge in [0.05, 0.1) is 12.7 Å². The van der Waals surface area contributed by atoms with Crippen molar-refractivity contribution in [1.82, 2.24) is 10.2 Å². The van der Waals surface area contributed by atoms with Gasteiger partial charge in [0.25, 0.3) is 5.91 Å². The molecular weight excluding hydrogens is 356 g/mol. The van der Waals surface area contributed by atoms with Crippen molar-refractivity contribution in [2.45, 2.75) is 69.7 Å². The first-order valence-electron chi connectivity index (χ1n) is 10.5. The number of benzene rings is 1. The number of carbonyl (C=O) groups excluding carboxylic acids is 2. The van der Waals surface area contributed by atoms with Crippen molar-refractivity contribution in [1.29, 1.82) is 0 Å². The van der Waals surface area contributed by atoms with E-state index in [0.29, 0.717) is 12.1 Å². The number of aryl methyl sites for hydroxylation is 1. The van der Waals surface area contributed by atoms with E-state index < -0.39 is 11.8 Å². The lowest BCUT2D eigenvalue weighted by Crippen LogP contribution is -2.57. The third-order valence-corrected chi connectivity index (χ3v) is 6.32. The van der Waals surface area contributed by atoms with E-state index in [1.54, 1.807) is 4.90 Å². The van der Waals surface area contributed by atoms with E-state index in [1.807, 2.05) is 31.2 Å². The molecule has 2 amide bonds. The molecule has 3 aliphatic rings. The summed E-state index contributed by atoms with van der Waals surface area (Å²) in [6.45, 7) is 3.45. The summed E-state index contributed by atoms with van der Waals surface area (Å²) >= 11 is 0. The predicted molar refractivity (Wildman–Crippen MR) is 105 cm³/mol. The Morgan fingerprint density at radius 1 is 1.18 bits per heavy atom. The van der Waals surface area contributed by atoms with E-state index in [1.165, 1.54) is 0 Å². The Kier molecular flexibility index (Phi) is 5.69. The molecule has 0 radical (unpaired) electrons. The van der Waals surface area contributed by atoms with Crippen LogP contribution in [0.5, 0.6) is 0 Å². The molecule has 1 aromatic rings. The molecule has 1 aliphatic carbocycles. The summed E-state index contributed by atoms with van der Waals surface area (Å²) in [5.74, 6) is -0.241. The molecule has 4 rings (SSSR count). The molecule has 1 aromatic carbocycles. The fraction of sp³-hybridized carbons (Fsp3) is 0.636. The fourth-order valence-electron chi connectivity index (χ4n) is 4.75. The molecule has 152 valence electrons. The highest BCUT2D eigenvalue weighted by atomic mass is 16.5. The van der Waals surface area contributed by atoms with Crippen molar-refractivity contribution < 1.29 is 19.1 Å². The van der Waals surface area contributed by atoms with Crippen LogP contribution in [0.25, 0.3) is 0 Å². The van der Waals surface area contributed by atoms with Gasteiger partial charge in [0.2, 0.25) is 5.91 Å². The highest BCUT2D eigenvalue weighted by molar-refractivity contribution is 5.99. The van der Waals surface area contributed by atoms with Crippen LogP contribution >= 0.6 is 0 Å². The van der Waals surface area contributed by atoms with Crippen LogP contribution in [0.2, 0.25) is 0 Å². The van der Waals surface area contributed by atoms with Gasteiger partial charge in [-0.2, -0.15) is 0 Å². The van der Waals surface area contributed by atoms with Gasteiger partial charge >= 0.3 is 0 Å². The first kappa shape index (κ1) is 19.4. The topological polar surface area (TPSA) is 67.9 Å². The summed E-state index contributed by atoms with van der Waals surface area (Å²) in [6.07, 6.45) is 6.85. The molecule has 2 heterocycles. The van der Waals surface area contributed by atoms with Gasteiger partial charge in [-0.1, -0.05) is 24.6 Å².